The number of rotatable bonds is 3. The monoisotopic (exact) mass is 249 g/mol. The van der Waals surface area contributed by atoms with Crippen molar-refractivity contribution in [3.63, 3.8) is 0 Å². The minimum absolute atomic E-state index is 0.0472. The molecule has 92 valence electrons. The van der Waals surface area contributed by atoms with Crippen LogP contribution in [0.25, 0.3) is 0 Å². The van der Waals surface area contributed by atoms with Gasteiger partial charge in [-0.1, -0.05) is 6.92 Å². The fourth-order valence-electron chi connectivity index (χ4n) is 2.14. The molecule has 0 aliphatic carbocycles. The van der Waals surface area contributed by atoms with Crippen LogP contribution in [0.2, 0.25) is 0 Å². The van der Waals surface area contributed by atoms with Crippen LogP contribution in [0.4, 0.5) is 0 Å². The first-order valence-corrected chi connectivity index (χ1v) is 6.97. The molecule has 0 radical (unpaired) electrons. The molecule has 0 aromatic carbocycles. The first-order chi connectivity index (χ1) is 8.24. The van der Waals surface area contributed by atoms with Gasteiger partial charge in [0.1, 0.15) is 6.04 Å². The van der Waals surface area contributed by atoms with Gasteiger partial charge in [0.2, 0.25) is 0 Å². The Kier molecular flexibility index (Phi) is 4.16. The standard InChI is InChI=1S/C13H19N3S/c1-3-11-4-5-13(17-11)12(10-14)16-8-6-15(2)7-9-16/h4-5,12H,3,6-9H2,1-2H3. The maximum Gasteiger partial charge on any atom is 0.133 e. The Labute approximate surface area is 107 Å². The number of hydrogen-bond acceptors (Lipinski definition) is 4. The quantitative estimate of drug-likeness (QED) is 0.822. The number of thiophene rings is 1. The van der Waals surface area contributed by atoms with E-state index in [4.69, 9.17) is 0 Å². The van der Waals surface area contributed by atoms with Crippen molar-refractivity contribution < 1.29 is 0 Å². The third kappa shape index (κ3) is 2.86. The zero-order valence-electron chi connectivity index (χ0n) is 10.5. The maximum absolute atomic E-state index is 9.38. The molecule has 1 fully saturated rings. The van der Waals surface area contributed by atoms with Crippen LogP contribution in [-0.4, -0.2) is 43.0 Å². The number of piperazine rings is 1. The van der Waals surface area contributed by atoms with Gasteiger partial charge >= 0.3 is 0 Å². The Morgan fingerprint density at radius 2 is 2.06 bits per heavy atom. The molecule has 2 heterocycles. The molecule has 4 heteroatoms. The highest BCUT2D eigenvalue weighted by Gasteiger charge is 2.24. The summed E-state index contributed by atoms with van der Waals surface area (Å²) in [6, 6.07) is 6.68. The summed E-state index contributed by atoms with van der Waals surface area (Å²) in [4.78, 5) is 7.19. The van der Waals surface area contributed by atoms with Gasteiger partial charge in [-0.15, -0.1) is 11.3 Å². The molecule has 3 nitrogen and oxygen atoms in total. The van der Waals surface area contributed by atoms with Crippen LogP contribution in [0.5, 0.6) is 0 Å². The molecule has 0 saturated carbocycles. The second kappa shape index (κ2) is 5.63. The van der Waals surface area contributed by atoms with Crippen LogP contribution >= 0.6 is 11.3 Å². The van der Waals surface area contributed by atoms with E-state index in [-0.39, 0.29) is 6.04 Å². The molecule has 17 heavy (non-hydrogen) atoms. The number of hydrogen-bond donors (Lipinski definition) is 0. The lowest BCUT2D eigenvalue weighted by atomic mass is 10.2. The third-order valence-electron chi connectivity index (χ3n) is 3.33. The molecule has 0 spiro atoms. The average molecular weight is 249 g/mol. The molecule has 0 bridgehead atoms. The summed E-state index contributed by atoms with van der Waals surface area (Å²) in [6.45, 7) is 6.27. The van der Waals surface area contributed by atoms with Crippen LogP contribution in [0.1, 0.15) is 22.7 Å². The largest absolute Gasteiger partial charge is 0.304 e. The van der Waals surface area contributed by atoms with Crippen molar-refractivity contribution in [3.05, 3.63) is 21.9 Å². The lowest BCUT2D eigenvalue weighted by Crippen LogP contribution is -2.45. The van der Waals surface area contributed by atoms with Gasteiger partial charge in [0.15, 0.2) is 0 Å². The summed E-state index contributed by atoms with van der Waals surface area (Å²) in [5, 5.41) is 9.38. The predicted octanol–water partition coefficient (Wildman–Crippen LogP) is 2.12. The summed E-state index contributed by atoms with van der Waals surface area (Å²) >= 11 is 1.78. The van der Waals surface area contributed by atoms with Gasteiger partial charge in [-0.2, -0.15) is 5.26 Å². The van der Waals surface area contributed by atoms with Crippen molar-refractivity contribution in [1.82, 2.24) is 9.80 Å². The number of nitrogens with zero attached hydrogens (tertiary/aromatic N) is 3. The molecule has 0 N–H and O–H groups in total. The molecule has 2 rings (SSSR count). The highest BCUT2D eigenvalue weighted by Crippen LogP contribution is 2.28. The topological polar surface area (TPSA) is 30.3 Å². The van der Waals surface area contributed by atoms with Gasteiger partial charge in [-0.05, 0) is 25.6 Å². The predicted molar refractivity (Wildman–Crippen MR) is 71.1 cm³/mol. The lowest BCUT2D eigenvalue weighted by Gasteiger charge is -2.34. The van der Waals surface area contributed by atoms with Crippen molar-refractivity contribution in [3.8, 4) is 6.07 Å². The Balaban J connectivity index is 2.08. The molecule has 1 saturated heterocycles. The second-order valence-corrected chi connectivity index (χ2v) is 5.73. The van der Waals surface area contributed by atoms with Crippen LogP contribution in [0, 0.1) is 11.3 Å². The molecule has 1 aromatic heterocycles. The summed E-state index contributed by atoms with van der Waals surface area (Å²) in [7, 11) is 2.14. The van der Waals surface area contributed by atoms with Crippen molar-refractivity contribution in [2.24, 2.45) is 0 Å². The average Bonchev–Trinajstić information content (AvgIpc) is 2.81. The van der Waals surface area contributed by atoms with E-state index in [9.17, 15) is 5.26 Å². The van der Waals surface area contributed by atoms with Crippen LogP contribution in [0.15, 0.2) is 12.1 Å². The molecule has 1 aromatic rings. The number of nitriles is 1. The van der Waals surface area contributed by atoms with E-state index in [1.54, 1.807) is 11.3 Å². The Bertz CT molecular complexity index is 399. The normalized spacial score (nSPS) is 20.1. The second-order valence-electron chi connectivity index (χ2n) is 4.53. The van der Waals surface area contributed by atoms with Crippen LogP contribution in [0.3, 0.4) is 0 Å². The van der Waals surface area contributed by atoms with E-state index in [0.717, 1.165) is 32.6 Å². The zero-order valence-corrected chi connectivity index (χ0v) is 11.3. The van der Waals surface area contributed by atoms with Gasteiger partial charge in [0.05, 0.1) is 6.07 Å². The molecule has 1 aliphatic heterocycles. The Morgan fingerprint density at radius 3 is 2.59 bits per heavy atom. The molecule has 1 unspecified atom stereocenters. The number of aryl methyl sites for hydroxylation is 1. The summed E-state index contributed by atoms with van der Waals surface area (Å²) in [5.41, 5.74) is 0. The molecule has 0 amide bonds. The molecule has 1 aliphatic rings. The van der Waals surface area contributed by atoms with Gasteiger partial charge in [0, 0.05) is 35.9 Å². The van der Waals surface area contributed by atoms with E-state index >= 15 is 0 Å². The Morgan fingerprint density at radius 1 is 1.35 bits per heavy atom. The molecular formula is C13H19N3S. The van der Waals surface area contributed by atoms with Gasteiger partial charge in [0.25, 0.3) is 0 Å². The van der Waals surface area contributed by atoms with Gasteiger partial charge < -0.3 is 4.90 Å². The molecule has 1 atom stereocenters. The van der Waals surface area contributed by atoms with Crippen molar-refractivity contribution in [2.75, 3.05) is 33.2 Å². The zero-order chi connectivity index (χ0) is 12.3. The minimum Gasteiger partial charge on any atom is -0.304 e. The summed E-state index contributed by atoms with van der Waals surface area (Å²) in [6.07, 6.45) is 1.06. The summed E-state index contributed by atoms with van der Waals surface area (Å²) in [5.74, 6) is 0. The highest BCUT2D eigenvalue weighted by molar-refractivity contribution is 7.12. The fourth-order valence-corrected chi connectivity index (χ4v) is 3.17. The first kappa shape index (κ1) is 12.6. The van der Waals surface area contributed by atoms with Crippen LogP contribution in [-0.2, 0) is 6.42 Å². The summed E-state index contributed by atoms with van der Waals surface area (Å²) < 4.78 is 0. The van der Waals surface area contributed by atoms with Crippen molar-refractivity contribution in [2.45, 2.75) is 19.4 Å². The van der Waals surface area contributed by atoms with Gasteiger partial charge in [-0.25, -0.2) is 0 Å². The third-order valence-corrected chi connectivity index (χ3v) is 4.61. The minimum atomic E-state index is -0.0472. The SMILES string of the molecule is CCc1ccc(C(C#N)N2CCN(C)CC2)s1. The molecular weight excluding hydrogens is 230 g/mol. The van der Waals surface area contributed by atoms with E-state index in [1.165, 1.54) is 9.75 Å². The van der Waals surface area contributed by atoms with E-state index in [2.05, 4.69) is 42.0 Å². The van der Waals surface area contributed by atoms with Crippen molar-refractivity contribution >= 4 is 11.3 Å². The lowest BCUT2D eigenvalue weighted by molar-refractivity contribution is 0.134. The van der Waals surface area contributed by atoms with Crippen molar-refractivity contribution in [1.29, 1.82) is 5.26 Å². The maximum atomic E-state index is 9.38. The number of likely N-dealkylation sites (N-methyl/N-ethyl adjacent to an activating group) is 1. The fraction of sp³-hybridized carbons (Fsp3) is 0.615. The smallest absolute Gasteiger partial charge is 0.133 e. The van der Waals surface area contributed by atoms with E-state index < -0.39 is 0 Å². The van der Waals surface area contributed by atoms with Crippen LogP contribution < -0.4 is 0 Å². The van der Waals surface area contributed by atoms with Gasteiger partial charge in [-0.3, -0.25) is 4.90 Å². The Hall–Kier alpha value is -0.890. The van der Waals surface area contributed by atoms with E-state index in [0.29, 0.717) is 0 Å². The van der Waals surface area contributed by atoms with E-state index in [1.807, 2.05) is 0 Å². The first-order valence-electron chi connectivity index (χ1n) is 6.15. The highest BCUT2D eigenvalue weighted by atomic mass is 32.1.